The molecule has 0 bridgehead atoms. The monoisotopic (exact) mass is 397 g/mol. The number of thiocarbonyl (C=S) groups is 1. The third-order valence-electron chi connectivity index (χ3n) is 3.11. The van der Waals surface area contributed by atoms with Gasteiger partial charge in [-0.3, -0.25) is 0 Å². The molecule has 0 aliphatic heterocycles. The Morgan fingerprint density at radius 1 is 1.33 bits per heavy atom. The topological polar surface area (TPSA) is 61.4 Å². The Labute approximate surface area is 151 Å². The first-order valence-electron chi connectivity index (χ1n) is 7.28. The molecule has 1 rings (SSSR count). The van der Waals surface area contributed by atoms with E-state index in [4.69, 9.17) is 12.2 Å². The average molecular weight is 398 g/mol. The van der Waals surface area contributed by atoms with Gasteiger partial charge < -0.3 is 10.6 Å². The lowest BCUT2D eigenvalue weighted by molar-refractivity contribution is 0.252. The summed E-state index contributed by atoms with van der Waals surface area (Å²) in [6, 6.07) is 6.51. The van der Waals surface area contributed by atoms with Gasteiger partial charge in [-0.2, -0.15) is 8.78 Å². The number of nitrogens with zero attached hydrogens (tertiary/aromatic N) is 1. The normalized spacial score (nSPS) is 11.8. The lowest BCUT2D eigenvalue weighted by Gasteiger charge is -2.16. The standard InChI is InChI=1S/C14H21F2N3O2S3/c1-3-24(20,21)19(2)10-4-9-17-14(22)18-11-5-7-12(8-6-11)23-13(15)16/h5-8,13H,3-4,9-10H2,1-2H3,(H2,17,18,22). The second kappa shape index (κ2) is 10.1. The summed E-state index contributed by atoms with van der Waals surface area (Å²) in [5.41, 5.74) is 0.691. The Morgan fingerprint density at radius 2 is 1.96 bits per heavy atom. The molecule has 0 radical (unpaired) electrons. The van der Waals surface area contributed by atoms with Crippen molar-refractivity contribution in [3.05, 3.63) is 24.3 Å². The predicted molar refractivity (Wildman–Crippen MR) is 99.2 cm³/mol. The summed E-state index contributed by atoms with van der Waals surface area (Å²) in [6.45, 7) is 2.54. The number of rotatable bonds is 9. The summed E-state index contributed by atoms with van der Waals surface area (Å²) in [5, 5.41) is 6.31. The Balaban J connectivity index is 2.31. The second-order valence-electron chi connectivity index (χ2n) is 4.86. The molecule has 1 aromatic carbocycles. The van der Waals surface area contributed by atoms with Crippen LogP contribution in [0.15, 0.2) is 29.2 Å². The first-order chi connectivity index (χ1) is 11.2. The summed E-state index contributed by atoms with van der Waals surface area (Å²) in [6.07, 6.45) is 0.613. The van der Waals surface area contributed by atoms with Gasteiger partial charge >= 0.3 is 0 Å². The molecular weight excluding hydrogens is 376 g/mol. The number of hydrogen-bond donors (Lipinski definition) is 2. The number of sulfonamides is 1. The first kappa shape index (κ1) is 21.1. The van der Waals surface area contributed by atoms with Crippen molar-refractivity contribution in [2.75, 3.05) is 31.2 Å². The van der Waals surface area contributed by atoms with Crippen LogP contribution in [0, 0.1) is 0 Å². The molecular formula is C14H21F2N3O2S3. The van der Waals surface area contributed by atoms with E-state index >= 15 is 0 Å². The molecule has 0 saturated carbocycles. The fourth-order valence-corrected chi connectivity index (χ4v) is 3.33. The highest BCUT2D eigenvalue weighted by molar-refractivity contribution is 7.99. The number of thioether (sulfide) groups is 1. The molecule has 0 unspecified atom stereocenters. The number of halogens is 2. The van der Waals surface area contributed by atoms with Gasteiger partial charge in [-0.25, -0.2) is 12.7 Å². The maximum Gasteiger partial charge on any atom is 0.288 e. The van der Waals surface area contributed by atoms with Gasteiger partial charge in [0.15, 0.2) is 5.11 Å². The van der Waals surface area contributed by atoms with Crippen molar-refractivity contribution < 1.29 is 17.2 Å². The van der Waals surface area contributed by atoms with Gasteiger partial charge in [0.1, 0.15) is 0 Å². The lowest BCUT2D eigenvalue weighted by Crippen LogP contribution is -2.33. The van der Waals surface area contributed by atoms with E-state index in [1.807, 2.05) is 0 Å². The quantitative estimate of drug-likeness (QED) is 0.380. The van der Waals surface area contributed by atoms with Gasteiger partial charge in [0.2, 0.25) is 10.0 Å². The summed E-state index contributed by atoms with van der Waals surface area (Å²) in [5.74, 6) is -2.36. The largest absolute Gasteiger partial charge is 0.362 e. The average Bonchev–Trinajstić information content (AvgIpc) is 2.52. The van der Waals surface area contributed by atoms with E-state index in [0.717, 1.165) is 0 Å². The van der Waals surface area contributed by atoms with Crippen molar-refractivity contribution in [2.45, 2.75) is 24.0 Å². The number of anilines is 1. The molecule has 10 heteroatoms. The van der Waals surface area contributed by atoms with E-state index in [2.05, 4.69) is 10.6 Å². The molecule has 0 amide bonds. The molecule has 5 nitrogen and oxygen atoms in total. The fraction of sp³-hybridized carbons (Fsp3) is 0.500. The number of alkyl halides is 2. The van der Waals surface area contributed by atoms with Crippen molar-refractivity contribution in [1.29, 1.82) is 0 Å². The zero-order chi connectivity index (χ0) is 18.2. The van der Waals surface area contributed by atoms with Crippen LogP contribution >= 0.6 is 24.0 Å². The Kier molecular flexibility index (Phi) is 8.88. The van der Waals surface area contributed by atoms with Crippen LogP contribution in [0.5, 0.6) is 0 Å². The van der Waals surface area contributed by atoms with Gasteiger partial charge in [0.05, 0.1) is 5.75 Å². The molecule has 1 aromatic rings. The Hall–Kier alpha value is -0.970. The molecule has 0 fully saturated rings. The maximum absolute atomic E-state index is 12.2. The lowest BCUT2D eigenvalue weighted by atomic mass is 10.3. The van der Waals surface area contributed by atoms with Crippen molar-refractivity contribution in [3.8, 4) is 0 Å². The molecule has 0 aromatic heterocycles. The number of benzene rings is 1. The van der Waals surface area contributed by atoms with Crippen LogP contribution in [0.1, 0.15) is 13.3 Å². The van der Waals surface area contributed by atoms with Gasteiger partial charge in [-0.1, -0.05) is 11.8 Å². The first-order valence-corrected chi connectivity index (χ1v) is 10.2. The summed E-state index contributed by atoms with van der Waals surface area (Å²) < 4.78 is 49.0. The van der Waals surface area contributed by atoms with E-state index in [1.54, 1.807) is 38.2 Å². The highest BCUT2D eigenvalue weighted by Crippen LogP contribution is 2.26. The number of nitrogens with one attached hydrogen (secondary N) is 2. The van der Waals surface area contributed by atoms with Crippen molar-refractivity contribution in [2.24, 2.45) is 0 Å². The van der Waals surface area contributed by atoms with Gasteiger partial charge in [0, 0.05) is 30.7 Å². The van der Waals surface area contributed by atoms with E-state index in [9.17, 15) is 17.2 Å². The van der Waals surface area contributed by atoms with Crippen LogP contribution in [0.25, 0.3) is 0 Å². The van der Waals surface area contributed by atoms with E-state index in [1.165, 1.54) is 4.31 Å². The molecule has 0 aliphatic rings. The van der Waals surface area contributed by atoms with Gasteiger partial charge in [-0.05, 0) is 49.8 Å². The van der Waals surface area contributed by atoms with E-state index < -0.39 is 15.8 Å². The summed E-state index contributed by atoms with van der Waals surface area (Å²) >= 11 is 5.62. The van der Waals surface area contributed by atoms with Gasteiger partial charge in [0.25, 0.3) is 5.76 Å². The van der Waals surface area contributed by atoms with E-state index in [0.29, 0.717) is 47.0 Å². The van der Waals surface area contributed by atoms with Gasteiger partial charge in [-0.15, -0.1) is 0 Å². The van der Waals surface area contributed by atoms with Crippen molar-refractivity contribution in [3.63, 3.8) is 0 Å². The van der Waals surface area contributed by atoms with Crippen LogP contribution < -0.4 is 10.6 Å². The third-order valence-corrected chi connectivity index (χ3v) is 5.94. The SMILES string of the molecule is CCS(=O)(=O)N(C)CCCNC(=S)Nc1ccc(SC(F)F)cc1. The van der Waals surface area contributed by atoms with Crippen LogP contribution in [0.2, 0.25) is 0 Å². The molecule has 0 spiro atoms. The molecule has 24 heavy (non-hydrogen) atoms. The fourth-order valence-electron chi connectivity index (χ4n) is 1.76. The van der Waals surface area contributed by atoms with Crippen molar-refractivity contribution in [1.82, 2.24) is 9.62 Å². The minimum atomic E-state index is -3.16. The Morgan fingerprint density at radius 3 is 2.50 bits per heavy atom. The minimum absolute atomic E-state index is 0.0801. The maximum atomic E-state index is 12.2. The molecule has 0 heterocycles. The highest BCUT2D eigenvalue weighted by atomic mass is 32.2. The Bertz CT molecular complexity index is 625. The van der Waals surface area contributed by atoms with Crippen LogP contribution in [0.4, 0.5) is 14.5 Å². The molecule has 2 N–H and O–H groups in total. The molecule has 0 aliphatic carbocycles. The summed E-state index contributed by atoms with van der Waals surface area (Å²) in [7, 11) is -1.61. The molecule has 136 valence electrons. The third kappa shape index (κ3) is 7.73. The van der Waals surface area contributed by atoms with E-state index in [-0.39, 0.29) is 5.75 Å². The minimum Gasteiger partial charge on any atom is -0.362 e. The zero-order valence-corrected chi connectivity index (χ0v) is 15.9. The van der Waals surface area contributed by atoms with Crippen LogP contribution in [-0.2, 0) is 10.0 Å². The molecule has 0 atom stereocenters. The highest BCUT2D eigenvalue weighted by Gasteiger charge is 2.13. The number of hydrogen-bond acceptors (Lipinski definition) is 4. The predicted octanol–water partition coefficient (Wildman–Crippen LogP) is 2.96. The summed E-state index contributed by atoms with van der Waals surface area (Å²) in [4.78, 5) is 0.481. The van der Waals surface area contributed by atoms with Crippen molar-refractivity contribution >= 4 is 44.8 Å². The van der Waals surface area contributed by atoms with Crippen LogP contribution in [0.3, 0.4) is 0 Å². The smallest absolute Gasteiger partial charge is 0.288 e. The van der Waals surface area contributed by atoms with Crippen LogP contribution in [-0.4, -0.2) is 49.5 Å². The second-order valence-corrected chi connectivity index (χ2v) is 8.70. The molecule has 0 saturated heterocycles. The zero-order valence-electron chi connectivity index (χ0n) is 13.5.